The Morgan fingerprint density at radius 3 is 2.65 bits per heavy atom. The maximum Gasteiger partial charge on any atom is 0.305 e. The third-order valence-corrected chi connectivity index (χ3v) is 3.06. The topological polar surface area (TPSA) is 57.6 Å². The first-order valence-corrected chi connectivity index (χ1v) is 6.43. The van der Waals surface area contributed by atoms with Crippen molar-refractivity contribution in [2.24, 2.45) is 5.92 Å². The highest BCUT2D eigenvalue weighted by Gasteiger charge is 2.18. The molecule has 0 atom stereocenters. The highest BCUT2D eigenvalue weighted by atomic mass is 32.1. The molecule has 0 fully saturated rings. The lowest BCUT2D eigenvalue weighted by molar-refractivity contribution is -0.137. The largest absolute Gasteiger partial charge is 0.481 e. The fraction of sp³-hybridized carbons (Fsp3) is 0.500. The average molecular weight is 255 g/mol. The van der Waals surface area contributed by atoms with Gasteiger partial charge in [0.15, 0.2) is 0 Å². The molecule has 1 amide bonds. The summed E-state index contributed by atoms with van der Waals surface area (Å²) in [6.45, 7) is 4.87. The zero-order chi connectivity index (χ0) is 12.8. The molecule has 0 aliphatic rings. The molecule has 0 aliphatic heterocycles. The molecule has 0 unspecified atom stereocenters. The maximum atomic E-state index is 12.1. The van der Waals surface area contributed by atoms with Gasteiger partial charge in [0.05, 0.1) is 11.3 Å². The molecule has 1 heterocycles. The lowest BCUT2D eigenvalue weighted by Crippen LogP contribution is -2.35. The number of carbonyl (C=O) groups is 2. The second-order valence-electron chi connectivity index (χ2n) is 4.27. The first kappa shape index (κ1) is 13.7. The molecule has 5 heteroatoms. The van der Waals surface area contributed by atoms with E-state index in [9.17, 15) is 9.59 Å². The second-order valence-corrected chi connectivity index (χ2v) is 5.21. The molecule has 1 rings (SSSR count). The number of thiophene rings is 1. The molecule has 1 N–H and O–H groups in total. The first-order chi connectivity index (χ1) is 8.00. The molecule has 17 heavy (non-hydrogen) atoms. The smallest absolute Gasteiger partial charge is 0.305 e. The van der Waals surface area contributed by atoms with Gasteiger partial charge in [0.25, 0.3) is 5.91 Å². The summed E-state index contributed by atoms with van der Waals surface area (Å²) in [4.78, 5) is 24.9. The van der Waals surface area contributed by atoms with Crippen LogP contribution < -0.4 is 0 Å². The zero-order valence-corrected chi connectivity index (χ0v) is 10.9. The summed E-state index contributed by atoms with van der Waals surface area (Å²) in [5, 5.41) is 10.5. The van der Waals surface area contributed by atoms with E-state index < -0.39 is 5.97 Å². The summed E-state index contributed by atoms with van der Waals surface area (Å²) in [7, 11) is 0. The van der Waals surface area contributed by atoms with Crippen LogP contribution in [-0.2, 0) is 4.79 Å². The van der Waals surface area contributed by atoms with Crippen molar-refractivity contribution in [2.45, 2.75) is 20.3 Å². The predicted molar refractivity (Wildman–Crippen MR) is 67.3 cm³/mol. The van der Waals surface area contributed by atoms with Crippen molar-refractivity contribution in [3.8, 4) is 0 Å². The monoisotopic (exact) mass is 255 g/mol. The quantitative estimate of drug-likeness (QED) is 0.848. The Kier molecular flexibility index (Phi) is 5.15. The van der Waals surface area contributed by atoms with Gasteiger partial charge in [-0.1, -0.05) is 19.9 Å². The van der Waals surface area contributed by atoms with Gasteiger partial charge in [-0.05, 0) is 17.4 Å². The number of nitrogens with zero attached hydrogens (tertiary/aromatic N) is 1. The Morgan fingerprint density at radius 2 is 2.18 bits per heavy atom. The third kappa shape index (κ3) is 4.56. The van der Waals surface area contributed by atoms with E-state index in [0.717, 1.165) is 0 Å². The average Bonchev–Trinajstić information content (AvgIpc) is 2.75. The van der Waals surface area contributed by atoms with Crippen LogP contribution in [0.15, 0.2) is 17.5 Å². The van der Waals surface area contributed by atoms with Gasteiger partial charge in [-0.2, -0.15) is 0 Å². The summed E-state index contributed by atoms with van der Waals surface area (Å²) in [6.07, 6.45) is -0.0101. The van der Waals surface area contributed by atoms with Gasteiger partial charge in [0.1, 0.15) is 0 Å². The molecule has 0 spiro atoms. The van der Waals surface area contributed by atoms with Gasteiger partial charge in [-0.25, -0.2) is 0 Å². The summed E-state index contributed by atoms with van der Waals surface area (Å²) in [5.41, 5.74) is 0. The Bertz CT molecular complexity index is 373. The Balaban J connectivity index is 2.68. The van der Waals surface area contributed by atoms with Crippen LogP contribution in [0.5, 0.6) is 0 Å². The van der Waals surface area contributed by atoms with Crippen molar-refractivity contribution in [3.05, 3.63) is 22.4 Å². The highest BCUT2D eigenvalue weighted by Crippen LogP contribution is 2.13. The summed E-state index contributed by atoms with van der Waals surface area (Å²) in [6, 6.07) is 3.59. The molecule has 4 nitrogen and oxygen atoms in total. The normalized spacial score (nSPS) is 10.5. The lowest BCUT2D eigenvalue weighted by Gasteiger charge is -2.23. The lowest BCUT2D eigenvalue weighted by atomic mass is 10.2. The predicted octanol–water partition coefficient (Wildman–Crippen LogP) is 2.32. The Hall–Kier alpha value is -1.36. The second kappa shape index (κ2) is 6.39. The maximum absolute atomic E-state index is 12.1. The third-order valence-electron chi connectivity index (χ3n) is 2.20. The SMILES string of the molecule is CC(C)CN(CCC(=O)O)C(=O)c1cccs1. The number of amides is 1. The van der Waals surface area contributed by atoms with E-state index in [0.29, 0.717) is 17.3 Å². The highest BCUT2D eigenvalue weighted by molar-refractivity contribution is 7.12. The minimum absolute atomic E-state index is 0.0101. The van der Waals surface area contributed by atoms with Gasteiger partial charge in [-0.3, -0.25) is 9.59 Å². The fourth-order valence-corrected chi connectivity index (χ4v) is 2.19. The van der Waals surface area contributed by atoms with E-state index in [4.69, 9.17) is 5.11 Å². The zero-order valence-electron chi connectivity index (χ0n) is 10.0. The van der Waals surface area contributed by atoms with Crippen LogP contribution in [0.1, 0.15) is 29.9 Å². The Morgan fingerprint density at radius 1 is 1.47 bits per heavy atom. The van der Waals surface area contributed by atoms with Crippen molar-refractivity contribution in [2.75, 3.05) is 13.1 Å². The molecule has 0 aliphatic carbocycles. The fourth-order valence-electron chi connectivity index (χ4n) is 1.50. The number of hydrogen-bond acceptors (Lipinski definition) is 3. The van der Waals surface area contributed by atoms with Crippen LogP contribution in [0.3, 0.4) is 0 Å². The van der Waals surface area contributed by atoms with Crippen molar-refractivity contribution in [1.29, 1.82) is 0 Å². The van der Waals surface area contributed by atoms with Gasteiger partial charge in [-0.15, -0.1) is 11.3 Å². The van der Waals surface area contributed by atoms with Crippen molar-refractivity contribution < 1.29 is 14.7 Å². The number of carboxylic acid groups (broad SMARTS) is 1. The number of carbonyl (C=O) groups excluding carboxylic acids is 1. The van der Waals surface area contributed by atoms with Gasteiger partial charge >= 0.3 is 5.97 Å². The molecule has 0 saturated heterocycles. The minimum Gasteiger partial charge on any atom is -0.481 e. The molecular weight excluding hydrogens is 238 g/mol. The van der Waals surface area contributed by atoms with Crippen LogP contribution in [-0.4, -0.2) is 35.0 Å². The van der Waals surface area contributed by atoms with Gasteiger partial charge < -0.3 is 10.0 Å². The molecule has 94 valence electrons. The van der Waals surface area contributed by atoms with Gasteiger partial charge in [0, 0.05) is 13.1 Å². The number of hydrogen-bond donors (Lipinski definition) is 1. The van der Waals surface area contributed by atoms with Gasteiger partial charge in [0.2, 0.25) is 0 Å². The van der Waals surface area contributed by atoms with Crippen LogP contribution in [0.25, 0.3) is 0 Å². The molecular formula is C12H17NO3S. The number of carboxylic acids is 1. The van der Waals surface area contributed by atoms with E-state index in [1.807, 2.05) is 25.3 Å². The molecule has 1 aromatic heterocycles. The summed E-state index contributed by atoms with van der Waals surface area (Å²) in [5.74, 6) is -0.625. The molecule has 0 radical (unpaired) electrons. The van der Waals surface area contributed by atoms with Crippen molar-refractivity contribution in [1.82, 2.24) is 4.90 Å². The van der Waals surface area contributed by atoms with Crippen LogP contribution in [0.2, 0.25) is 0 Å². The molecule has 1 aromatic rings. The molecule has 0 bridgehead atoms. The Labute approximate surface area is 105 Å². The number of rotatable bonds is 6. The van der Waals surface area contributed by atoms with Crippen LogP contribution >= 0.6 is 11.3 Å². The van der Waals surface area contributed by atoms with Crippen molar-refractivity contribution in [3.63, 3.8) is 0 Å². The van der Waals surface area contributed by atoms with E-state index in [1.54, 1.807) is 11.0 Å². The summed E-state index contributed by atoms with van der Waals surface area (Å²) >= 11 is 1.38. The van der Waals surface area contributed by atoms with E-state index >= 15 is 0 Å². The van der Waals surface area contributed by atoms with E-state index in [-0.39, 0.29) is 18.9 Å². The van der Waals surface area contributed by atoms with Crippen LogP contribution in [0, 0.1) is 5.92 Å². The minimum atomic E-state index is -0.877. The van der Waals surface area contributed by atoms with Crippen LogP contribution in [0.4, 0.5) is 0 Å². The van der Waals surface area contributed by atoms with Crippen molar-refractivity contribution >= 4 is 23.2 Å². The summed E-state index contributed by atoms with van der Waals surface area (Å²) < 4.78 is 0. The van der Waals surface area contributed by atoms with E-state index in [1.165, 1.54) is 11.3 Å². The van der Waals surface area contributed by atoms with E-state index in [2.05, 4.69) is 0 Å². The first-order valence-electron chi connectivity index (χ1n) is 5.55. The molecule has 0 saturated carbocycles. The number of aliphatic carboxylic acids is 1. The standard InChI is InChI=1S/C12H17NO3S/c1-9(2)8-13(6-5-11(14)15)12(16)10-4-3-7-17-10/h3-4,7,9H,5-6,8H2,1-2H3,(H,14,15). The molecule has 0 aromatic carbocycles.